The first-order valence-electron chi connectivity index (χ1n) is 10.1. The van der Waals surface area contributed by atoms with Crippen LogP contribution in [0.4, 0.5) is 0 Å². The molecule has 8 heteroatoms. The van der Waals surface area contributed by atoms with E-state index in [1.54, 1.807) is 6.20 Å². The second-order valence-electron chi connectivity index (χ2n) is 6.89. The number of carbonyl (C=O) groups excluding carboxylic acids is 1. The highest BCUT2D eigenvalue weighted by atomic mass is 35.5. The molecule has 1 aromatic carbocycles. The molecule has 1 aromatic heterocycles. The minimum absolute atomic E-state index is 0. The minimum atomic E-state index is -0.607. The molecule has 29 heavy (non-hydrogen) atoms. The fourth-order valence-corrected chi connectivity index (χ4v) is 3.66. The maximum atomic E-state index is 13.1. The van der Waals surface area contributed by atoms with Gasteiger partial charge in [0.25, 0.3) is 0 Å². The molecule has 2 N–H and O–H groups in total. The van der Waals surface area contributed by atoms with E-state index in [0.717, 1.165) is 49.4 Å². The van der Waals surface area contributed by atoms with Gasteiger partial charge in [-0.15, -0.1) is 12.4 Å². The number of hydrogen-bond donors (Lipinski definition) is 2. The van der Waals surface area contributed by atoms with Crippen molar-refractivity contribution in [3.05, 3.63) is 42.2 Å². The van der Waals surface area contributed by atoms with Gasteiger partial charge in [0, 0.05) is 18.9 Å². The molecule has 1 amide bonds. The number of ether oxygens (including phenoxy) is 2. The molecule has 2 aromatic rings. The predicted molar refractivity (Wildman–Crippen MR) is 115 cm³/mol. The van der Waals surface area contributed by atoms with E-state index in [9.17, 15) is 4.79 Å². The Morgan fingerprint density at radius 3 is 2.59 bits per heavy atom. The zero-order valence-electron chi connectivity index (χ0n) is 17.1. The second-order valence-corrected chi connectivity index (χ2v) is 6.89. The maximum Gasteiger partial charge on any atom is 0.248 e. The average molecular weight is 423 g/mol. The standard InChI is InChI=1S/C21H30N4O3.ClH/c1-3-27-18-7-6-17(16-19(18)28-4-2)8-12-23-20(26)21(9-13-22-14-10-21)25-15-5-11-24-25;/h5-7,11,15-16,22H,3-4,8-10,12-14H2,1-2H3,(H,23,26);1H. The number of rotatable bonds is 9. The summed E-state index contributed by atoms with van der Waals surface area (Å²) in [6.45, 7) is 7.27. The van der Waals surface area contributed by atoms with Crippen LogP contribution in [0.1, 0.15) is 32.3 Å². The lowest BCUT2D eigenvalue weighted by Crippen LogP contribution is -2.54. The quantitative estimate of drug-likeness (QED) is 0.649. The molecule has 1 aliphatic rings. The minimum Gasteiger partial charge on any atom is -0.490 e. The van der Waals surface area contributed by atoms with E-state index in [2.05, 4.69) is 15.7 Å². The van der Waals surface area contributed by atoms with Crippen molar-refractivity contribution in [2.75, 3.05) is 32.8 Å². The van der Waals surface area contributed by atoms with Gasteiger partial charge in [-0.1, -0.05) is 6.07 Å². The molecular formula is C21H31ClN4O3. The number of hydrogen-bond acceptors (Lipinski definition) is 5. The number of nitrogens with one attached hydrogen (secondary N) is 2. The van der Waals surface area contributed by atoms with Crippen molar-refractivity contribution in [3.8, 4) is 11.5 Å². The van der Waals surface area contributed by atoms with Crippen LogP contribution in [-0.4, -0.2) is 48.5 Å². The fourth-order valence-electron chi connectivity index (χ4n) is 3.66. The Hall–Kier alpha value is -2.25. The van der Waals surface area contributed by atoms with Crippen molar-refractivity contribution in [1.29, 1.82) is 0 Å². The first-order valence-corrected chi connectivity index (χ1v) is 10.1. The van der Waals surface area contributed by atoms with Gasteiger partial charge in [-0.2, -0.15) is 5.10 Å². The van der Waals surface area contributed by atoms with Crippen LogP contribution in [0.5, 0.6) is 11.5 Å². The molecule has 0 spiro atoms. The molecule has 0 aliphatic carbocycles. The highest BCUT2D eigenvalue weighted by Crippen LogP contribution is 2.29. The number of nitrogens with zero attached hydrogens (tertiary/aromatic N) is 2. The van der Waals surface area contributed by atoms with Crippen LogP contribution in [0.3, 0.4) is 0 Å². The van der Waals surface area contributed by atoms with Crippen molar-refractivity contribution in [2.24, 2.45) is 0 Å². The Bertz CT molecular complexity index is 761. The van der Waals surface area contributed by atoms with E-state index >= 15 is 0 Å². The number of benzene rings is 1. The number of amides is 1. The van der Waals surface area contributed by atoms with Crippen molar-refractivity contribution in [2.45, 2.75) is 38.6 Å². The van der Waals surface area contributed by atoms with Gasteiger partial charge in [0.05, 0.1) is 13.2 Å². The smallest absolute Gasteiger partial charge is 0.248 e. The summed E-state index contributed by atoms with van der Waals surface area (Å²) in [6.07, 6.45) is 5.81. The molecule has 0 bridgehead atoms. The van der Waals surface area contributed by atoms with Gasteiger partial charge in [-0.3, -0.25) is 9.48 Å². The highest BCUT2D eigenvalue weighted by Gasteiger charge is 2.41. The van der Waals surface area contributed by atoms with E-state index in [-0.39, 0.29) is 18.3 Å². The molecule has 1 aliphatic heterocycles. The molecule has 7 nitrogen and oxygen atoms in total. The average Bonchev–Trinajstić information content (AvgIpc) is 3.26. The number of carbonyl (C=O) groups is 1. The van der Waals surface area contributed by atoms with Crippen molar-refractivity contribution in [1.82, 2.24) is 20.4 Å². The van der Waals surface area contributed by atoms with E-state index in [0.29, 0.717) is 19.8 Å². The third kappa shape index (κ3) is 5.42. The van der Waals surface area contributed by atoms with Crippen LogP contribution in [0.15, 0.2) is 36.7 Å². The van der Waals surface area contributed by atoms with E-state index in [1.807, 2.05) is 49.0 Å². The lowest BCUT2D eigenvalue weighted by molar-refractivity contribution is -0.131. The van der Waals surface area contributed by atoms with Crippen LogP contribution in [0, 0.1) is 0 Å². The summed E-state index contributed by atoms with van der Waals surface area (Å²) < 4.78 is 13.1. The molecule has 0 saturated carbocycles. The monoisotopic (exact) mass is 422 g/mol. The number of halogens is 1. The Morgan fingerprint density at radius 2 is 1.93 bits per heavy atom. The lowest BCUT2D eigenvalue weighted by atomic mass is 9.87. The number of aromatic nitrogens is 2. The van der Waals surface area contributed by atoms with Crippen LogP contribution < -0.4 is 20.1 Å². The lowest BCUT2D eigenvalue weighted by Gasteiger charge is -2.36. The topological polar surface area (TPSA) is 77.4 Å². The van der Waals surface area contributed by atoms with E-state index in [4.69, 9.17) is 9.47 Å². The molecular weight excluding hydrogens is 392 g/mol. The highest BCUT2D eigenvalue weighted by molar-refractivity contribution is 5.85. The Labute approximate surface area is 178 Å². The van der Waals surface area contributed by atoms with Crippen LogP contribution in [0.2, 0.25) is 0 Å². The molecule has 3 rings (SSSR count). The first kappa shape index (κ1) is 23.0. The summed E-state index contributed by atoms with van der Waals surface area (Å²) in [4.78, 5) is 13.1. The molecule has 1 saturated heterocycles. The Kier molecular flexibility index (Phi) is 8.79. The Balaban J connectivity index is 0.00000300. The third-order valence-corrected chi connectivity index (χ3v) is 5.10. The summed E-state index contributed by atoms with van der Waals surface area (Å²) in [5, 5.41) is 10.8. The van der Waals surface area contributed by atoms with Crippen LogP contribution in [0.25, 0.3) is 0 Å². The zero-order chi connectivity index (χ0) is 19.8. The molecule has 0 unspecified atom stereocenters. The zero-order valence-corrected chi connectivity index (χ0v) is 18.0. The maximum absolute atomic E-state index is 13.1. The van der Waals surface area contributed by atoms with Gasteiger partial charge >= 0.3 is 0 Å². The van der Waals surface area contributed by atoms with E-state index in [1.165, 1.54) is 0 Å². The van der Waals surface area contributed by atoms with Crippen molar-refractivity contribution >= 4 is 18.3 Å². The SMILES string of the molecule is CCOc1ccc(CCNC(=O)C2(n3cccn3)CCNCC2)cc1OCC.Cl. The molecule has 160 valence electrons. The van der Waals surface area contributed by atoms with Gasteiger partial charge in [0.2, 0.25) is 5.91 Å². The van der Waals surface area contributed by atoms with Crippen molar-refractivity contribution < 1.29 is 14.3 Å². The second kappa shape index (κ2) is 11.1. The molecule has 1 fully saturated rings. The van der Waals surface area contributed by atoms with E-state index < -0.39 is 5.54 Å². The normalized spacial score (nSPS) is 15.2. The molecule has 0 radical (unpaired) electrons. The van der Waals surface area contributed by atoms with Gasteiger partial charge in [-0.05, 0) is 70.0 Å². The predicted octanol–water partition coefficient (Wildman–Crippen LogP) is 2.54. The summed E-state index contributed by atoms with van der Waals surface area (Å²) in [5.74, 6) is 1.54. The summed E-state index contributed by atoms with van der Waals surface area (Å²) in [7, 11) is 0. The first-order chi connectivity index (χ1) is 13.7. The summed E-state index contributed by atoms with van der Waals surface area (Å²) in [6, 6.07) is 7.82. The van der Waals surface area contributed by atoms with Gasteiger partial charge < -0.3 is 20.1 Å². The third-order valence-electron chi connectivity index (χ3n) is 5.10. The molecule has 0 atom stereocenters. The van der Waals surface area contributed by atoms with Gasteiger partial charge in [0.1, 0.15) is 5.54 Å². The van der Waals surface area contributed by atoms with Gasteiger partial charge in [-0.25, -0.2) is 0 Å². The molecule has 2 heterocycles. The van der Waals surface area contributed by atoms with Crippen LogP contribution >= 0.6 is 12.4 Å². The van der Waals surface area contributed by atoms with Crippen molar-refractivity contribution in [3.63, 3.8) is 0 Å². The van der Waals surface area contributed by atoms with Gasteiger partial charge in [0.15, 0.2) is 11.5 Å². The summed E-state index contributed by atoms with van der Waals surface area (Å²) in [5.41, 5.74) is 0.495. The summed E-state index contributed by atoms with van der Waals surface area (Å²) >= 11 is 0. The largest absolute Gasteiger partial charge is 0.490 e. The number of piperidine rings is 1. The van der Waals surface area contributed by atoms with Crippen LogP contribution in [-0.2, 0) is 16.8 Å². The fraction of sp³-hybridized carbons (Fsp3) is 0.524. The Morgan fingerprint density at radius 1 is 1.21 bits per heavy atom.